The zero-order chi connectivity index (χ0) is 13.1. The predicted octanol–water partition coefficient (Wildman–Crippen LogP) is 0.384. The van der Waals surface area contributed by atoms with Gasteiger partial charge in [-0.05, 0) is 12.1 Å². The van der Waals surface area contributed by atoms with Gasteiger partial charge in [-0.2, -0.15) is 22.3 Å². The average molecular weight is 254 g/mol. The minimum absolute atomic E-state index is 0.405. The molecule has 0 saturated carbocycles. The molecule has 0 aliphatic carbocycles. The molecule has 7 heteroatoms. The first-order valence-electron chi connectivity index (χ1n) is 4.87. The monoisotopic (exact) mass is 254 g/mol. The van der Waals surface area contributed by atoms with Crippen LogP contribution in [0.2, 0.25) is 0 Å². The highest BCUT2D eigenvalue weighted by molar-refractivity contribution is 7.86. The minimum atomic E-state index is -3.63. The van der Waals surface area contributed by atoms with Crippen LogP contribution >= 0.6 is 0 Å². The quantitative estimate of drug-likeness (QED) is 0.778. The van der Waals surface area contributed by atoms with Crippen LogP contribution < -0.4 is 0 Å². The first-order valence-corrected chi connectivity index (χ1v) is 6.27. The van der Waals surface area contributed by atoms with E-state index in [0.717, 1.165) is 8.61 Å². The molecule has 1 unspecified atom stereocenters. The Morgan fingerprint density at radius 2 is 2.00 bits per heavy atom. The third kappa shape index (κ3) is 2.79. The minimum Gasteiger partial charge on any atom is -0.258 e. The summed E-state index contributed by atoms with van der Waals surface area (Å²) in [5.74, 6) is 0. The molecule has 1 rings (SSSR count). The van der Waals surface area contributed by atoms with Crippen LogP contribution in [0.1, 0.15) is 11.7 Å². The summed E-state index contributed by atoms with van der Waals surface area (Å²) in [5.41, 5.74) is 0.405. The molecule has 1 aromatic heterocycles. The van der Waals surface area contributed by atoms with E-state index in [2.05, 4.69) is 4.98 Å². The Labute approximate surface area is 101 Å². The highest BCUT2D eigenvalue weighted by Crippen LogP contribution is 2.20. The lowest BCUT2D eigenvalue weighted by Crippen LogP contribution is -2.39. The van der Waals surface area contributed by atoms with Crippen molar-refractivity contribution >= 4 is 10.2 Å². The van der Waals surface area contributed by atoms with Gasteiger partial charge >= 0.3 is 0 Å². The van der Waals surface area contributed by atoms with E-state index in [4.69, 9.17) is 5.26 Å². The molecule has 1 aromatic rings. The summed E-state index contributed by atoms with van der Waals surface area (Å²) in [5, 5.41) is 9.08. The number of rotatable bonds is 4. The molecule has 0 spiro atoms. The molecule has 0 amide bonds. The van der Waals surface area contributed by atoms with E-state index >= 15 is 0 Å². The molecule has 0 radical (unpaired) electrons. The second kappa shape index (κ2) is 5.23. The van der Waals surface area contributed by atoms with Gasteiger partial charge in [0.15, 0.2) is 6.04 Å². The summed E-state index contributed by atoms with van der Waals surface area (Å²) >= 11 is 0. The van der Waals surface area contributed by atoms with Crippen molar-refractivity contribution in [3.8, 4) is 6.07 Å². The van der Waals surface area contributed by atoms with E-state index < -0.39 is 16.3 Å². The van der Waals surface area contributed by atoms with Crippen LogP contribution in [0.3, 0.4) is 0 Å². The molecule has 0 N–H and O–H groups in total. The van der Waals surface area contributed by atoms with Gasteiger partial charge < -0.3 is 0 Å². The summed E-state index contributed by atoms with van der Waals surface area (Å²) in [6.45, 7) is 0. The van der Waals surface area contributed by atoms with E-state index in [0.29, 0.717) is 5.69 Å². The Balaban J connectivity index is 3.11. The summed E-state index contributed by atoms with van der Waals surface area (Å²) in [4.78, 5) is 4.00. The highest BCUT2D eigenvalue weighted by Gasteiger charge is 2.29. The van der Waals surface area contributed by atoms with Gasteiger partial charge in [0.25, 0.3) is 10.2 Å². The van der Waals surface area contributed by atoms with Gasteiger partial charge in [-0.3, -0.25) is 4.98 Å². The van der Waals surface area contributed by atoms with Gasteiger partial charge in [-0.25, -0.2) is 0 Å². The molecule has 0 aliphatic rings. The normalized spacial score (nSPS) is 13.6. The van der Waals surface area contributed by atoms with Crippen LogP contribution in [0.5, 0.6) is 0 Å². The molecular formula is C10H14N4O2S. The number of hydrogen-bond donors (Lipinski definition) is 0. The average Bonchev–Trinajstić information content (AvgIpc) is 2.31. The molecule has 0 aromatic carbocycles. The molecule has 6 nitrogen and oxygen atoms in total. The van der Waals surface area contributed by atoms with E-state index in [-0.39, 0.29) is 0 Å². The summed E-state index contributed by atoms with van der Waals surface area (Å²) in [6, 6.07) is 6.05. The van der Waals surface area contributed by atoms with Crippen LogP contribution in [0, 0.1) is 11.3 Å². The highest BCUT2D eigenvalue weighted by atomic mass is 32.2. The zero-order valence-electron chi connectivity index (χ0n) is 9.90. The van der Waals surface area contributed by atoms with Crippen LogP contribution in [0.15, 0.2) is 24.4 Å². The maximum atomic E-state index is 11.9. The molecule has 0 fully saturated rings. The van der Waals surface area contributed by atoms with Crippen molar-refractivity contribution in [1.82, 2.24) is 13.6 Å². The lowest BCUT2D eigenvalue weighted by atomic mass is 10.2. The lowest BCUT2D eigenvalue weighted by molar-refractivity contribution is 0.386. The third-order valence-electron chi connectivity index (χ3n) is 2.28. The molecule has 92 valence electrons. The van der Waals surface area contributed by atoms with Crippen molar-refractivity contribution in [1.29, 1.82) is 5.26 Å². The van der Waals surface area contributed by atoms with E-state index in [9.17, 15) is 8.42 Å². The standard InChI is InChI=1S/C10H14N4O2S/c1-13(2)17(15,16)14(3)10(8-11)9-6-4-5-7-12-9/h4-7,10H,1-3H3. The topological polar surface area (TPSA) is 77.3 Å². The Kier molecular flexibility index (Phi) is 4.17. The Bertz CT molecular complexity index is 507. The van der Waals surface area contributed by atoms with Crippen molar-refractivity contribution in [3.05, 3.63) is 30.1 Å². The van der Waals surface area contributed by atoms with Crippen molar-refractivity contribution in [2.75, 3.05) is 21.1 Å². The lowest BCUT2D eigenvalue weighted by Gasteiger charge is -2.24. The maximum Gasteiger partial charge on any atom is 0.282 e. The van der Waals surface area contributed by atoms with E-state index in [1.165, 1.54) is 27.3 Å². The molecule has 1 heterocycles. The predicted molar refractivity (Wildman–Crippen MR) is 63.0 cm³/mol. The number of aromatic nitrogens is 1. The Morgan fingerprint density at radius 3 is 2.41 bits per heavy atom. The van der Waals surface area contributed by atoms with Gasteiger partial charge in [-0.15, -0.1) is 0 Å². The molecular weight excluding hydrogens is 240 g/mol. The fourth-order valence-corrected chi connectivity index (χ4v) is 2.20. The smallest absolute Gasteiger partial charge is 0.258 e. The van der Waals surface area contributed by atoms with Crippen LogP contribution in [-0.2, 0) is 10.2 Å². The van der Waals surface area contributed by atoms with Crippen LogP contribution in [0.4, 0.5) is 0 Å². The molecule has 0 bridgehead atoms. The van der Waals surface area contributed by atoms with E-state index in [1.54, 1.807) is 18.2 Å². The maximum absolute atomic E-state index is 11.9. The van der Waals surface area contributed by atoms with Gasteiger partial charge in [0.05, 0.1) is 11.8 Å². The number of nitrogens with zero attached hydrogens (tertiary/aromatic N) is 4. The summed E-state index contributed by atoms with van der Waals surface area (Å²) < 4.78 is 25.8. The van der Waals surface area contributed by atoms with E-state index in [1.807, 2.05) is 6.07 Å². The first kappa shape index (κ1) is 13.6. The fourth-order valence-electron chi connectivity index (χ4n) is 1.26. The second-order valence-electron chi connectivity index (χ2n) is 3.59. The number of nitriles is 1. The van der Waals surface area contributed by atoms with Crippen molar-refractivity contribution in [3.63, 3.8) is 0 Å². The Morgan fingerprint density at radius 1 is 1.35 bits per heavy atom. The summed E-state index contributed by atoms with van der Waals surface area (Å²) in [6.07, 6.45) is 1.52. The van der Waals surface area contributed by atoms with Crippen molar-refractivity contribution < 1.29 is 8.42 Å². The Hall–Kier alpha value is -1.49. The SMILES string of the molecule is CN(C)S(=O)(=O)N(C)C(C#N)c1ccccn1. The first-order chi connectivity index (χ1) is 7.91. The zero-order valence-corrected chi connectivity index (χ0v) is 10.7. The van der Waals surface area contributed by atoms with Crippen LogP contribution in [0.25, 0.3) is 0 Å². The number of pyridine rings is 1. The number of hydrogen-bond acceptors (Lipinski definition) is 4. The van der Waals surface area contributed by atoms with Crippen molar-refractivity contribution in [2.24, 2.45) is 0 Å². The fraction of sp³-hybridized carbons (Fsp3) is 0.400. The van der Waals surface area contributed by atoms with Gasteiger partial charge in [-0.1, -0.05) is 6.07 Å². The second-order valence-corrected chi connectivity index (χ2v) is 5.79. The molecule has 0 saturated heterocycles. The molecule has 1 atom stereocenters. The third-order valence-corrected chi connectivity index (χ3v) is 4.14. The van der Waals surface area contributed by atoms with Crippen molar-refractivity contribution in [2.45, 2.75) is 6.04 Å². The summed E-state index contributed by atoms with van der Waals surface area (Å²) in [7, 11) is 0.558. The molecule has 0 aliphatic heterocycles. The molecule has 17 heavy (non-hydrogen) atoms. The largest absolute Gasteiger partial charge is 0.282 e. The van der Waals surface area contributed by atoms with Gasteiger partial charge in [0.2, 0.25) is 0 Å². The van der Waals surface area contributed by atoms with Gasteiger partial charge in [0, 0.05) is 27.3 Å². The van der Waals surface area contributed by atoms with Gasteiger partial charge in [0.1, 0.15) is 0 Å². The van der Waals surface area contributed by atoms with Crippen LogP contribution in [-0.4, -0.2) is 43.2 Å².